The summed E-state index contributed by atoms with van der Waals surface area (Å²) in [5, 5.41) is 11.4. The minimum Gasteiger partial charge on any atom is -0.481 e. The molecule has 0 saturated heterocycles. The molecule has 0 bridgehead atoms. The first kappa shape index (κ1) is 13.9. The number of hydrogen-bond donors (Lipinski definition) is 2. The second kappa shape index (κ2) is 5.70. The summed E-state index contributed by atoms with van der Waals surface area (Å²) in [6.45, 7) is 5.23. The van der Waals surface area contributed by atoms with Crippen LogP contribution in [-0.4, -0.2) is 36.7 Å². The Balaban J connectivity index is 3.90. The van der Waals surface area contributed by atoms with Crippen LogP contribution in [0.25, 0.3) is 0 Å². The highest BCUT2D eigenvalue weighted by Gasteiger charge is 2.26. The lowest BCUT2D eigenvalue weighted by Crippen LogP contribution is -2.37. The van der Waals surface area contributed by atoms with Crippen molar-refractivity contribution in [3.63, 3.8) is 0 Å². The molecule has 0 aromatic heterocycles. The van der Waals surface area contributed by atoms with Crippen LogP contribution >= 0.6 is 0 Å². The average Bonchev–Trinajstić information content (AvgIpc) is 2.15. The van der Waals surface area contributed by atoms with Gasteiger partial charge in [-0.25, -0.2) is 0 Å². The van der Waals surface area contributed by atoms with E-state index in [4.69, 9.17) is 9.84 Å². The lowest BCUT2D eigenvalue weighted by atomic mass is 9.90. The van der Waals surface area contributed by atoms with Crippen molar-refractivity contribution in [1.82, 2.24) is 5.32 Å². The van der Waals surface area contributed by atoms with Crippen molar-refractivity contribution in [3.8, 4) is 0 Å². The lowest BCUT2D eigenvalue weighted by Gasteiger charge is -2.19. The smallest absolute Gasteiger partial charge is 0.309 e. The maximum Gasteiger partial charge on any atom is 0.309 e. The van der Waals surface area contributed by atoms with Crippen LogP contribution in [0.4, 0.5) is 0 Å². The number of ether oxygens (including phenoxy) is 1. The fraction of sp³-hybridized carbons (Fsp3) is 0.800. The third-order valence-corrected chi connectivity index (χ3v) is 2.35. The zero-order valence-electron chi connectivity index (χ0n) is 9.66. The largest absolute Gasteiger partial charge is 0.481 e. The number of carboxylic acids is 1. The van der Waals surface area contributed by atoms with Crippen LogP contribution in [0.3, 0.4) is 0 Å². The molecule has 5 nitrogen and oxygen atoms in total. The molecular weight excluding hydrogens is 198 g/mol. The van der Waals surface area contributed by atoms with E-state index >= 15 is 0 Å². The van der Waals surface area contributed by atoms with E-state index in [1.807, 2.05) is 0 Å². The van der Waals surface area contributed by atoms with Crippen LogP contribution in [0, 0.1) is 5.41 Å². The quantitative estimate of drug-likeness (QED) is 0.684. The zero-order chi connectivity index (χ0) is 12.1. The predicted molar refractivity (Wildman–Crippen MR) is 55.5 cm³/mol. The highest BCUT2D eigenvalue weighted by Crippen LogP contribution is 2.19. The molecule has 0 saturated carbocycles. The van der Waals surface area contributed by atoms with Crippen LogP contribution in [0.1, 0.15) is 27.2 Å². The van der Waals surface area contributed by atoms with Gasteiger partial charge in [0.15, 0.2) is 0 Å². The number of hydrogen-bond acceptors (Lipinski definition) is 3. The summed E-state index contributed by atoms with van der Waals surface area (Å²) < 4.78 is 4.81. The van der Waals surface area contributed by atoms with Gasteiger partial charge in [0.05, 0.1) is 5.41 Å². The van der Waals surface area contributed by atoms with Crippen molar-refractivity contribution in [2.75, 3.05) is 13.7 Å². The summed E-state index contributed by atoms with van der Waals surface area (Å²) in [7, 11) is 1.45. The molecule has 0 radical (unpaired) electrons. The molecule has 1 atom stereocenters. The number of nitrogens with one attached hydrogen (secondary N) is 1. The van der Waals surface area contributed by atoms with E-state index in [9.17, 15) is 9.59 Å². The summed E-state index contributed by atoms with van der Waals surface area (Å²) >= 11 is 0. The summed E-state index contributed by atoms with van der Waals surface area (Å²) in [6.07, 6.45) is -0.109. The lowest BCUT2D eigenvalue weighted by molar-refractivity contribution is -0.147. The Labute approximate surface area is 89.8 Å². The van der Waals surface area contributed by atoms with E-state index in [0.717, 1.165) is 0 Å². The molecule has 1 unspecified atom stereocenters. The number of carbonyl (C=O) groups excluding carboxylic acids is 1. The van der Waals surface area contributed by atoms with Gasteiger partial charge in [-0.3, -0.25) is 9.59 Å². The Morgan fingerprint density at radius 1 is 1.47 bits per heavy atom. The van der Waals surface area contributed by atoms with E-state index in [0.29, 0.717) is 13.0 Å². The molecule has 0 fully saturated rings. The second-order valence-corrected chi connectivity index (χ2v) is 4.11. The third-order valence-electron chi connectivity index (χ3n) is 2.35. The molecule has 88 valence electrons. The van der Waals surface area contributed by atoms with Gasteiger partial charge in [-0.15, -0.1) is 0 Å². The van der Waals surface area contributed by atoms with Crippen LogP contribution in [0.5, 0.6) is 0 Å². The minimum atomic E-state index is -0.864. The second-order valence-electron chi connectivity index (χ2n) is 4.11. The van der Waals surface area contributed by atoms with Gasteiger partial charge in [0.25, 0.3) is 0 Å². The topological polar surface area (TPSA) is 75.6 Å². The van der Waals surface area contributed by atoms with Crippen molar-refractivity contribution in [2.45, 2.75) is 33.3 Å². The Bertz CT molecular complexity index is 238. The van der Waals surface area contributed by atoms with Gasteiger partial charge in [0, 0.05) is 13.7 Å². The van der Waals surface area contributed by atoms with E-state index in [1.54, 1.807) is 20.8 Å². The molecule has 15 heavy (non-hydrogen) atoms. The molecule has 0 heterocycles. The van der Waals surface area contributed by atoms with Crippen LogP contribution in [0.2, 0.25) is 0 Å². The SMILES string of the molecule is COC(C)C(=O)NCCC(C)(C)C(=O)O. The first-order chi connectivity index (χ1) is 6.81. The average molecular weight is 217 g/mol. The fourth-order valence-corrected chi connectivity index (χ4v) is 0.856. The molecule has 1 amide bonds. The maximum atomic E-state index is 11.2. The molecule has 2 N–H and O–H groups in total. The van der Waals surface area contributed by atoms with Gasteiger partial charge in [-0.2, -0.15) is 0 Å². The predicted octanol–water partition coefficient (Wildman–Crippen LogP) is 0.638. The minimum absolute atomic E-state index is 0.223. The fourth-order valence-electron chi connectivity index (χ4n) is 0.856. The molecule has 0 aliphatic carbocycles. The van der Waals surface area contributed by atoms with Gasteiger partial charge in [-0.1, -0.05) is 0 Å². The monoisotopic (exact) mass is 217 g/mol. The molecule has 0 rings (SSSR count). The number of carboxylic acid groups (broad SMARTS) is 1. The Kier molecular flexibility index (Phi) is 5.28. The van der Waals surface area contributed by atoms with E-state index in [2.05, 4.69) is 5.32 Å². The zero-order valence-corrected chi connectivity index (χ0v) is 9.66. The molecule has 0 spiro atoms. The first-order valence-electron chi connectivity index (χ1n) is 4.85. The summed E-state index contributed by atoms with van der Waals surface area (Å²) in [5.41, 5.74) is -0.816. The Morgan fingerprint density at radius 2 is 2.00 bits per heavy atom. The number of amides is 1. The van der Waals surface area contributed by atoms with Crippen molar-refractivity contribution in [2.24, 2.45) is 5.41 Å². The number of rotatable bonds is 6. The normalized spacial score (nSPS) is 13.3. The van der Waals surface area contributed by atoms with Crippen LogP contribution < -0.4 is 5.32 Å². The van der Waals surface area contributed by atoms with Crippen LogP contribution in [0.15, 0.2) is 0 Å². The number of carbonyl (C=O) groups is 2. The first-order valence-corrected chi connectivity index (χ1v) is 4.85. The highest BCUT2D eigenvalue weighted by atomic mass is 16.5. The molecule has 0 aliphatic rings. The highest BCUT2D eigenvalue weighted by molar-refractivity contribution is 5.80. The molecular formula is C10H19NO4. The summed E-state index contributed by atoms with van der Waals surface area (Å²) in [6, 6.07) is 0. The summed E-state index contributed by atoms with van der Waals surface area (Å²) in [4.78, 5) is 22.0. The van der Waals surface area contributed by atoms with Crippen molar-refractivity contribution < 1.29 is 19.4 Å². The standard InChI is InChI=1S/C10H19NO4/c1-7(15-4)8(12)11-6-5-10(2,3)9(13)14/h7H,5-6H2,1-4H3,(H,11,12)(H,13,14). The maximum absolute atomic E-state index is 11.2. The molecule has 0 aromatic carbocycles. The summed E-state index contributed by atoms with van der Waals surface area (Å²) in [5.74, 6) is -1.09. The van der Waals surface area contributed by atoms with Gasteiger partial charge in [0.2, 0.25) is 5.91 Å². The van der Waals surface area contributed by atoms with Gasteiger partial charge in [-0.05, 0) is 27.2 Å². The van der Waals surface area contributed by atoms with Crippen molar-refractivity contribution in [1.29, 1.82) is 0 Å². The van der Waals surface area contributed by atoms with Gasteiger partial charge >= 0.3 is 5.97 Å². The van der Waals surface area contributed by atoms with Crippen molar-refractivity contribution in [3.05, 3.63) is 0 Å². The molecule has 5 heteroatoms. The molecule has 0 aliphatic heterocycles. The third kappa shape index (κ3) is 4.78. The Morgan fingerprint density at radius 3 is 2.40 bits per heavy atom. The van der Waals surface area contributed by atoms with E-state index in [1.165, 1.54) is 7.11 Å². The van der Waals surface area contributed by atoms with E-state index in [-0.39, 0.29) is 5.91 Å². The molecule has 0 aromatic rings. The number of methoxy groups -OCH3 is 1. The Hall–Kier alpha value is -1.10. The van der Waals surface area contributed by atoms with Gasteiger partial charge in [0.1, 0.15) is 6.10 Å². The number of aliphatic carboxylic acids is 1. The van der Waals surface area contributed by atoms with Crippen LogP contribution in [-0.2, 0) is 14.3 Å². The van der Waals surface area contributed by atoms with Gasteiger partial charge < -0.3 is 15.2 Å². The van der Waals surface area contributed by atoms with Crippen molar-refractivity contribution >= 4 is 11.9 Å². The van der Waals surface area contributed by atoms with E-state index < -0.39 is 17.5 Å².